The van der Waals surface area contributed by atoms with Crippen LogP contribution in [0.2, 0.25) is 0 Å². The van der Waals surface area contributed by atoms with Crippen LogP contribution in [-0.2, 0) is 43.0 Å². The molecule has 2 saturated heterocycles. The number of hydrogen-bond acceptors (Lipinski definition) is 13. The molecule has 6 rings (SSSR count). The highest BCUT2D eigenvalue weighted by Crippen LogP contribution is 2.72. The predicted molar refractivity (Wildman–Crippen MR) is 196 cm³/mol. The Bertz CT molecular complexity index is 1680. The Morgan fingerprint density at radius 1 is 1.13 bits per heavy atom. The lowest BCUT2D eigenvalue weighted by Gasteiger charge is -2.63. The Morgan fingerprint density at radius 2 is 1.82 bits per heavy atom. The number of allylic oxidation sites excluding steroid dienone is 4. The number of ether oxygens (including phenoxy) is 3. The number of aliphatic hydroxyl groups is 1. The number of rotatable bonds is 13. The number of imide groups is 1. The fourth-order valence-corrected chi connectivity index (χ4v) is 12.4. The first kappa shape index (κ1) is 41.8. The summed E-state index contributed by atoms with van der Waals surface area (Å²) in [5.74, 6) is -4.12. The number of fused-ring (bicyclic) bond motifs is 7. The Hall–Kier alpha value is -2.86. The molecule has 0 spiro atoms. The topological polar surface area (TPSA) is 166 Å². The molecular formula is C38H50F2N2O11S2. The number of aliphatic hydroxyl groups excluding tert-OH is 1. The van der Waals surface area contributed by atoms with Gasteiger partial charge in [-0.25, -0.2) is 18.4 Å². The van der Waals surface area contributed by atoms with Crippen molar-refractivity contribution >= 4 is 57.0 Å². The maximum Gasteiger partial charge on any atom is 0.409 e. The maximum atomic E-state index is 17.7. The summed E-state index contributed by atoms with van der Waals surface area (Å²) in [5, 5.41) is 12.3. The Morgan fingerprint density at radius 3 is 2.49 bits per heavy atom. The summed E-state index contributed by atoms with van der Waals surface area (Å²) in [5.41, 5.74) is -6.83. The number of hydroxylamine groups is 2. The van der Waals surface area contributed by atoms with Gasteiger partial charge < -0.3 is 29.1 Å². The van der Waals surface area contributed by atoms with E-state index in [1.807, 2.05) is 6.92 Å². The van der Waals surface area contributed by atoms with Crippen LogP contribution in [0.15, 0.2) is 23.8 Å². The largest absolute Gasteiger partial charge is 0.441 e. The van der Waals surface area contributed by atoms with Crippen molar-refractivity contribution in [1.29, 1.82) is 0 Å². The zero-order valence-electron chi connectivity index (χ0n) is 32.0. The van der Waals surface area contributed by atoms with Crippen molar-refractivity contribution in [1.82, 2.24) is 9.96 Å². The lowest BCUT2D eigenvalue weighted by Crippen LogP contribution is -2.71. The Balaban J connectivity index is 1.09. The zero-order chi connectivity index (χ0) is 40.3. The van der Waals surface area contributed by atoms with Crippen LogP contribution in [0.3, 0.4) is 0 Å². The fourth-order valence-electron chi connectivity index (χ4n) is 9.87. The van der Waals surface area contributed by atoms with Crippen LogP contribution in [0.25, 0.3) is 0 Å². The van der Waals surface area contributed by atoms with Gasteiger partial charge in [0.25, 0.3) is 11.8 Å². The molecule has 13 nitrogen and oxygen atoms in total. The molecule has 2 aliphatic heterocycles. The lowest BCUT2D eigenvalue weighted by atomic mass is 9.44. The monoisotopic (exact) mass is 812 g/mol. The minimum absolute atomic E-state index is 0.00268. The van der Waals surface area contributed by atoms with Crippen LogP contribution in [0.4, 0.5) is 13.6 Å². The highest BCUT2D eigenvalue weighted by Gasteiger charge is 2.80. The van der Waals surface area contributed by atoms with Crippen LogP contribution in [0.5, 0.6) is 0 Å². The second-order valence-corrected chi connectivity index (χ2v) is 19.7. The van der Waals surface area contributed by atoms with Gasteiger partial charge in [0.2, 0.25) is 5.78 Å². The molecule has 5 fully saturated rings. The van der Waals surface area contributed by atoms with Crippen LogP contribution in [0, 0.1) is 22.7 Å². The second kappa shape index (κ2) is 15.1. The minimum Gasteiger partial charge on any atom is -0.441 e. The Labute approximate surface area is 326 Å². The third-order valence-corrected chi connectivity index (χ3v) is 15.8. The van der Waals surface area contributed by atoms with Crippen LogP contribution >= 0.6 is 21.6 Å². The summed E-state index contributed by atoms with van der Waals surface area (Å²) in [6.45, 7) is 8.36. The normalized spacial score (nSPS) is 37.9. The maximum absolute atomic E-state index is 17.7. The number of hydrogen-bond donors (Lipinski definition) is 1. The van der Waals surface area contributed by atoms with E-state index in [2.05, 4.69) is 0 Å². The lowest BCUT2D eigenvalue weighted by molar-refractivity contribution is -0.234. The molecule has 2 unspecified atom stereocenters. The molecule has 17 heteroatoms. The molecule has 304 valence electrons. The minimum atomic E-state index is -2.34. The van der Waals surface area contributed by atoms with E-state index in [9.17, 15) is 33.9 Å². The highest BCUT2D eigenvalue weighted by atomic mass is 33.1. The summed E-state index contributed by atoms with van der Waals surface area (Å²) in [4.78, 5) is 81.9. The fraction of sp³-hybridized carbons (Fsp3) is 0.737. The molecule has 0 radical (unpaired) electrons. The number of ketones is 2. The van der Waals surface area contributed by atoms with Crippen molar-refractivity contribution in [2.24, 2.45) is 22.7 Å². The first-order valence-corrected chi connectivity index (χ1v) is 21.1. The van der Waals surface area contributed by atoms with Gasteiger partial charge in [-0.15, -0.1) is 5.06 Å². The third-order valence-electron chi connectivity index (χ3n) is 12.6. The SMILES string of the molecule is CCCC1O[C@@H]2C[C@H]3[C@@H]4C[C@H](F)C5=CC(=O)C=C[C@]5(C)[C@@]4(F)[C@@H](O)C[C@]3(C)C2(C(=O)COC(=O)N(C)CCSSC(C)(C)CC(=O)ON2C(=O)CCC2=O)O1. The quantitative estimate of drug-likeness (QED) is 0.150. The summed E-state index contributed by atoms with van der Waals surface area (Å²) in [6, 6.07) is 0. The molecule has 2 heterocycles. The van der Waals surface area contributed by atoms with Crippen molar-refractivity contribution in [3.8, 4) is 0 Å². The van der Waals surface area contributed by atoms with Crippen molar-refractivity contribution < 1.29 is 61.7 Å². The number of amides is 3. The third kappa shape index (κ3) is 6.97. The molecule has 0 aromatic carbocycles. The van der Waals surface area contributed by atoms with Gasteiger partial charge >= 0.3 is 12.1 Å². The summed E-state index contributed by atoms with van der Waals surface area (Å²) in [6.07, 6.45) is -1.21. The molecule has 4 aliphatic carbocycles. The van der Waals surface area contributed by atoms with Crippen molar-refractivity contribution in [3.05, 3.63) is 23.8 Å². The van der Waals surface area contributed by atoms with Gasteiger partial charge in [-0.1, -0.05) is 47.9 Å². The first-order valence-electron chi connectivity index (χ1n) is 18.8. The van der Waals surface area contributed by atoms with E-state index in [1.165, 1.54) is 52.6 Å². The molecule has 55 heavy (non-hydrogen) atoms. The predicted octanol–water partition coefficient (Wildman–Crippen LogP) is 4.99. The average molecular weight is 813 g/mol. The molecule has 1 N–H and O–H groups in total. The number of Topliss-reactive ketones (excluding diaryl/α,β-unsaturated/α-hetero) is 1. The van der Waals surface area contributed by atoms with E-state index in [4.69, 9.17) is 19.0 Å². The van der Waals surface area contributed by atoms with Crippen LogP contribution in [-0.4, -0.2) is 117 Å². The standard InChI is InChI=1S/C38H50F2N2O11S2/c1-7-8-32-51-28-17-22-23-16-25(39)24-15-21(43)11-12-35(24,4)37(23,40)26(44)18-36(22,5)38(28,52-32)27(45)20-50-33(49)41(6)13-14-54-55-34(2,3)19-31(48)53-42-29(46)9-10-30(42)47/h11-12,15,22-23,25-26,28,32,44H,7-10,13-14,16-20H2,1-6H3/t22-,23-,25-,26-,28+,32?,35-,36-,37-,38?/m0/s1. The first-order chi connectivity index (χ1) is 25.7. The summed E-state index contributed by atoms with van der Waals surface area (Å²) in [7, 11) is 4.26. The van der Waals surface area contributed by atoms with Crippen LogP contribution < -0.4 is 0 Å². The zero-order valence-corrected chi connectivity index (χ0v) is 33.6. The molecule has 0 aromatic heterocycles. The van der Waals surface area contributed by atoms with Gasteiger partial charge in [0.15, 0.2) is 29.9 Å². The van der Waals surface area contributed by atoms with Crippen molar-refractivity contribution in [2.45, 2.75) is 127 Å². The van der Waals surface area contributed by atoms with Gasteiger partial charge in [-0.3, -0.25) is 19.2 Å². The molecule has 3 saturated carbocycles. The number of halogens is 2. The van der Waals surface area contributed by atoms with E-state index >= 15 is 8.78 Å². The summed E-state index contributed by atoms with van der Waals surface area (Å²) >= 11 is 0. The number of nitrogens with zero attached hydrogens (tertiary/aromatic N) is 2. The van der Waals surface area contributed by atoms with E-state index in [0.29, 0.717) is 23.7 Å². The molecule has 0 aromatic rings. The average Bonchev–Trinajstić information content (AvgIpc) is 3.72. The van der Waals surface area contributed by atoms with E-state index in [-0.39, 0.29) is 50.6 Å². The van der Waals surface area contributed by atoms with Crippen molar-refractivity contribution in [2.75, 3.05) is 26.0 Å². The van der Waals surface area contributed by atoms with Gasteiger partial charge in [0.1, 0.15) is 6.17 Å². The molecular weight excluding hydrogens is 763 g/mol. The van der Waals surface area contributed by atoms with Gasteiger partial charge in [-0.05, 0) is 70.1 Å². The molecule has 0 bridgehead atoms. The number of alkyl halides is 2. The van der Waals surface area contributed by atoms with E-state index < -0.39 is 105 Å². The molecule has 10 atom stereocenters. The van der Waals surface area contributed by atoms with E-state index in [1.54, 1.807) is 20.8 Å². The van der Waals surface area contributed by atoms with Gasteiger partial charge in [-0.2, -0.15) is 0 Å². The second-order valence-electron chi connectivity index (χ2n) is 16.6. The smallest absolute Gasteiger partial charge is 0.409 e. The van der Waals surface area contributed by atoms with Gasteiger partial charge in [0, 0.05) is 53.7 Å². The highest BCUT2D eigenvalue weighted by molar-refractivity contribution is 8.77. The van der Waals surface area contributed by atoms with Gasteiger partial charge in [0.05, 0.1) is 18.6 Å². The number of carbonyl (C=O) groups is 6. The molecule has 6 aliphatic rings. The van der Waals surface area contributed by atoms with E-state index in [0.717, 1.165) is 6.08 Å². The van der Waals surface area contributed by atoms with Crippen LogP contribution in [0.1, 0.15) is 86.0 Å². The Kier molecular flexibility index (Phi) is 11.5. The molecule has 3 amide bonds. The summed E-state index contributed by atoms with van der Waals surface area (Å²) < 4.78 is 51.4. The van der Waals surface area contributed by atoms with Crippen molar-refractivity contribution in [3.63, 3.8) is 0 Å². The number of carbonyl (C=O) groups excluding carboxylic acids is 6.